The smallest absolute Gasteiger partial charge is 0.306 e. The van der Waals surface area contributed by atoms with Crippen LogP contribution in [-0.2, 0) is 9.59 Å². The highest BCUT2D eigenvalue weighted by Gasteiger charge is 2.16. The van der Waals surface area contributed by atoms with Gasteiger partial charge in [0.1, 0.15) is 5.78 Å². The molecule has 364 valence electrons. The summed E-state index contributed by atoms with van der Waals surface area (Å²) in [6.07, 6.45) is 69.9. The zero-order chi connectivity index (χ0) is 44.2. The Morgan fingerprint density at radius 2 is 0.426 bits per heavy atom. The van der Waals surface area contributed by atoms with Gasteiger partial charge >= 0.3 is 5.97 Å². The van der Waals surface area contributed by atoms with Gasteiger partial charge in [-0.2, -0.15) is 0 Å². The number of ketones is 1. The molecule has 0 saturated carbocycles. The third kappa shape index (κ3) is 51.7. The highest BCUT2D eigenvalue weighted by atomic mass is 16.4. The van der Waals surface area contributed by atoms with Gasteiger partial charge in [0, 0.05) is 12.8 Å². The number of carboxylic acid groups (broad SMARTS) is 1. The average molecular weight is 860 g/mol. The van der Waals surface area contributed by atoms with Gasteiger partial charge < -0.3 is 5.11 Å². The quantitative estimate of drug-likeness (QED) is 0.0620. The van der Waals surface area contributed by atoms with Gasteiger partial charge in [0.15, 0.2) is 0 Å². The maximum absolute atomic E-state index is 12.3. The van der Waals surface area contributed by atoms with Crippen LogP contribution in [0.15, 0.2) is 0 Å². The number of rotatable bonds is 55. The summed E-state index contributed by atoms with van der Waals surface area (Å²) in [7, 11) is 0. The number of carbonyl (C=O) groups excluding carboxylic acids is 1. The van der Waals surface area contributed by atoms with Gasteiger partial charge in [0.05, 0.1) is 5.92 Å². The van der Waals surface area contributed by atoms with E-state index in [1.165, 1.54) is 289 Å². The van der Waals surface area contributed by atoms with E-state index < -0.39 is 5.97 Å². The lowest BCUT2D eigenvalue weighted by atomic mass is 9.94. The lowest BCUT2D eigenvalue weighted by Gasteiger charge is -2.12. The van der Waals surface area contributed by atoms with Gasteiger partial charge in [-0.1, -0.05) is 316 Å². The summed E-state index contributed by atoms with van der Waals surface area (Å²) in [6, 6.07) is 0. The summed E-state index contributed by atoms with van der Waals surface area (Å²) < 4.78 is 0. The molecule has 0 bridgehead atoms. The van der Waals surface area contributed by atoms with Crippen LogP contribution in [0.2, 0.25) is 0 Å². The van der Waals surface area contributed by atoms with E-state index in [4.69, 9.17) is 0 Å². The molecule has 0 saturated heterocycles. The zero-order valence-corrected chi connectivity index (χ0v) is 42.3. The molecule has 0 aromatic rings. The van der Waals surface area contributed by atoms with E-state index in [1.54, 1.807) is 0 Å². The summed E-state index contributed by atoms with van der Waals surface area (Å²) in [5.41, 5.74) is 0. The third-order valence-corrected chi connectivity index (χ3v) is 14.1. The fourth-order valence-corrected chi connectivity index (χ4v) is 9.69. The molecule has 0 rings (SSSR count). The fraction of sp³-hybridized carbons (Fsp3) is 0.966. The van der Waals surface area contributed by atoms with Crippen LogP contribution in [0.3, 0.4) is 0 Å². The van der Waals surface area contributed by atoms with E-state index in [-0.39, 0.29) is 5.92 Å². The second-order valence-electron chi connectivity index (χ2n) is 20.3. The van der Waals surface area contributed by atoms with Gasteiger partial charge in [-0.25, -0.2) is 0 Å². The summed E-state index contributed by atoms with van der Waals surface area (Å²) in [6.45, 7) is 4.59. The minimum Gasteiger partial charge on any atom is -0.481 e. The molecule has 0 heterocycles. The molecule has 0 spiro atoms. The Morgan fingerprint density at radius 3 is 0.607 bits per heavy atom. The molecule has 0 amide bonds. The monoisotopic (exact) mass is 859 g/mol. The second-order valence-corrected chi connectivity index (χ2v) is 20.3. The Hall–Kier alpha value is -0.860. The minimum atomic E-state index is -0.561. The SMILES string of the molecule is CCCCCCCCCCCCCCCCCCCCCCC(CCCCCCCCCCCCCCCCC(=O)CCCCCCCCCCCCCCCCC)C(=O)O. The van der Waals surface area contributed by atoms with Crippen LogP contribution >= 0.6 is 0 Å². The van der Waals surface area contributed by atoms with Gasteiger partial charge in [-0.15, -0.1) is 0 Å². The van der Waals surface area contributed by atoms with Crippen LogP contribution in [0.4, 0.5) is 0 Å². The van der Waals surface area contributed by atoms with E-state index in [9.17, 15) is 14.7 Å². The van der Waals surface area contributed by atoms with Crippen molar-refractivity contribution in [2.24, 2.45) is 5.92 Å². The van der Waals surface area contributed by atoms with Crippen molar-refractivity contribution in [3.05, 3.63) is 0 Å². The van der Waals surface area contributed by atoms with E-state index in [0.29, 0.717) is 5.78 Å². The highest BCUT2D eigenvalue weighted by Crippen LogP contribution is 2.21. The fourth-order valence-electron chi connectivity index (χ4n) is 9.69. The van der Waals surface area contributed by atoms with E-state index in [2.05, 4.69) is 13.8 Å². The van der Waals surface area contributed by atoms with Crippen molar-refractivity contribution in [3.63, 3.8) is 0 Å². The lowest BCUT2D eigenvalue weighted by molar-refractivity contribution is -0.142. The molecular weight excluding hydrogens is 745 g/mol. The molecule has 1 atom stereocenters. The Morgan fingerprint density at radius 1 is 0.262 bits per heavy atom. The highest BCUT2D eigenvalue weighted by molar-refractivity contribution is 5.78. The van der Waals surface area contributed by atoms with Crippen LogP contribution in [0, 0.1) is 5.92 Å². The standard InChI is InChI=1S/C58H114O3/c1-3-5-7-9-11-13-15-17-19-20-21-22-23-25-28-32-36-40-44-48-52-56(58(60)61)53-49-45-41-37-33-29-26-27-31-35-39-43-47-51-55-57(59)54-50-46-42-38-34-30-24-18-16-14-12-10-8-6-4-2/h56H,3-55H2,1-2H3,(H,60,61). The van der Waals surface area contributed by atoms with Crippen molar-refractivity contribution in [3.8, 4) is 0 Å². The first kappa shape index (κ1) is 60.1. The molecular formula is C58H114O3. The Bertz CT molecular complexity index is 837. The summed E-state index contributed by atoms with van der Waals surface area (Å²) in [4.78, 5) is 24.1. The zero-order valence-electron chi connectivity index (χ0n) is 42.3. The second kappa shape index (κ2) is 53.5. The van der Waals surface area contributed by atoms with E-state index in [1.807, 2.05) is 0 Å². The molecule has 61 heavy (non-hydrogen) atoms. The first-order valence-corrected chi connectivity index (χ1v) is 28.9. The molecule has 3 heteroatoms. The Labute approximate surface area is 385 Å². The predicted molar refractivity (Wildman–Crippen MR) is 272 cm³/mol. The Balaban J connectivity index is 3.35. The Kier molecular flexibility index (Phi) is 52.7. The van der Waals surface area contributed by atoms with E-state index >= 15 is 0 Å². The van der Waals surface area contributed by atoms with Crippen molar-refractivity contribution in [1.29, 1.82) is 0 Å². The first-order valence-electron chi connectivity index (χ1n) is 28.9. The molecule has 1 N–H and O–H groups in total. The number of hydrogen-bond acceptors (Lipinski definition) is 2. The van der Waals surface area contributed by atoms with Crippen molar-refractivity contribution < 1.29 is 14.7 Å². The van der Waals surface area contributed by atoms with Crippen LogP contribution in [0.5, 0.6) is 0 Å². The molecule has 0 aliphatic carbocycles. The van der Waals surface area contributed by atoms with Crippen molar-refractivity contribution >= 4 is 11.8 Å². The molecule has 1 unspecified atom stereocenters. The van der Waals surface area contributed by atoms with Gasteiger partial charge in [0.25, 0.3) is 0 Å². The largest absolute Gasteiger partial charge is 0.481 e. The van der Waals surface area contributed by atoms with Crippen LogP contribution in [-0.4, -0.2) is 16.9 Å². The van der Waals surface area contributed by atoms with Crippen LogP contribution < -0.4 is 0 Å². The number of Topliss-reactive ketones (excluding diaryl/α,β-unsaturated/α-hetero) is 1. The first-order chi connectivity index (χ1) is 30.1. The topological polar surface area (TPSA) is 54.4 Å². The van der Waals surface area contributed by atoms with E-state index in [0.717, 1.165) is 51.4 Å². The molecule has 0 radical (unpaired) electrons. The number of hydrogen-bond donors (Lipinski definition) is 1. The average Bonchev–Trinajstić information content (AvgIpc) is 3.26. The van der Waals surface area contributed by atoms with Crippen molar-refractivity contribution in [2.45, 2.75) is 354 Å². The summed E-state index contributed by atoms with van der Waals surface area (Å²) in [5.74, 6) is -0.171. The normalized spacial score (nSPS) is 12.1. The van der Waals surface area contributed by atoms with Crippen molar-refractivity contribution in [1.82, 2.24) is 0 Å². The van der Waals surface area contributed by atoms with Crippen LogP contribution in [0.25, 0.3) is 0 Å². The number of aliphatic carboxylic acids is 1. The van der Waals surface area contributed by atoms with Gasteiger partial charge in [-0.05, 0) is 25.7 Å². The minimum absolute atomic E-state index is 0.119. The number of unbranched alkanes of at least 4 members (excludes halogenated alkanes) is 46. The number of carbonyl (C=O) groups is 2. The molecule has 0 aromatic carbocycles. The molecule has 3 nitrogen and oxygen atoms in total. The van der Waals surface area contributed by atoms with Crippen molar-refractivity contribution in [2.75, 3.05) is 0 Å². The molecule has 0 aliphatic heterocycles. The predicted octanol–water partition coefficient (Wildman–Crippen LogP) is 21.0. The third-order valence-electron chi connectivity index (χ3n) is 14.1. The summed E-state index contributed by atoms with van der Waals surface area (Å²) >= 11 is 0. The molecule has 0 aliphatic rings. The summed E-state index contributed by atoms with van der Waals surface area (Å²) in [5, 5.41) is 9.74. The molecule has 0 aromatic heterocycles. The maximum atomic E-state index is 12.3. The van der Waals surface area contributed by atoms with Gasteiger partial charge in [-0.3, -0.25) is 9.59 Å². The maximum Gasteiger partial charge on any atom is 0.306 e. The number of carboxylic acids is 1. The van der Waals surface area contributed by atoms with Crippen LogP contribution in [0.1, 0.15) is 354 Å². The van der Waals surface area contributed by atoms with Gasteiger partial charge in [0.2, 0.25) is 0 Å². The molecule has 0 fully saturated rings. The lowest BCUT2D eigenvalue weighted by Crippen LogP contribution is -2.13.